The average Bonchev–Trinajstić information content (AvgIpc) is 2.51. The molecule has 0 amide bonds. The first-order valence-electron chi connectivity index (χ1n) is 5.60. The molecule has 0 aliphatic rings. The molecule has 0 spiro atoms. The van der Waals surface area contributed by atoms with Crippen LogP contribution in [0.5, 0.6) is 0 Å². The molecule has 96 valence electrons. The van der Waals surface area contributed by atoms with Crippen LogP contribution in [0.15, 0.2) is 0 Å². The van der Waals surface area contributed by atoms with Crippen molar-refractivity contribution >= 4 is 28.6 Å². The molecule has 0 aliphatic carbocycles. The van der Waals surface area contributed by atoms with E-state index in [1.54, 1.807) is 18.5 Å². The third-order valence-electron chi connectivity index (χ3n) is 2.86. The smallest absolute Gasteiger partial charge is 0.339 e. The van der Waals surface area contributed by atoms with Gasteiger partial charge in [-0.1, -0.05) is 25.4 Å². The summed E-state index contributed by atoms with van der Waals surface area (Å²) < 4.78 is 1.58. The van der Waals surface area contributed by atoms with Crippen LogP contribution in [0, 0.1) is 6.92 Å². The fourth-order valence-corrected chi connectivity index (χ4v) is 2.29. The number of halogens is 1. The molecule has 2 aromatic rings. The molecular weight excluding hydrogens is 254 g/mol. The van der Waals surface area contributed by atoms with Crippen molar-refractivity contribution < 1.29 is 9.90 Å². The van der Waals surface area contributed by atoms with E-state index < -0.39 is 5.97 Å². The predicted octanol–water partition coefficient (Wildman–Crippen LogP) is 2.75. The van der Waals surface area contributed by atoms with E-state index in [-0.39, 0.29) is 16.6 Å². The fourth-order valence-electron chi connectivity index (χ4n) is 2.04. The van der Waals surface area contributed by atoms with Crippen molar-refractivity contribution in [2.24, 2.45) is 7.05 Å². The van der Waals surface area contributed by atoms with Crippen LogP contribution >= 0.6 is 11.6 Å². The molecule has 0 fully saturated rings. The summed E-state index contributed by atoms with van der Waals surface area (Å²) >= 11 is 6.07. The fraction of sp³-hybridized carbons (Fsp3) is 0.417. The highest BCUT2D eigenvalue weighted by Crippen LogP contribution is 2.32. The van der Waals surface area contributed by atoms with Crippen molar-refractivity contribution in [3.63, 3.8) is 0 Å². The van der Waals surface area contributed by atoms with Crippen molar-refractivity contribution in [3.8, 4) is 0 Å². The van der Waals surface area contributed by atoms with Crippen LogP contribution in [0.2, 0.25) is 5.15 Å². The van der Waals surface area contributed by atoms with E-state index in [9.17, 15) is 9.90 Å². The summed E-state index contributed by atoms with van der Waals surface area (Å²) in [6.07, 6.45) is 0. The number of nitrogens with zero attached hydrogens (tertiary/aromatic N) is 3. The Morgan fingerprint density at radius 3 is 2.50 bits per heavy atom. The monoisotopic (exact) mass is 267 g/mol. The number of aromatic nitrogens is 3. The van der Waals surface area contributed by atoms with Crippen molar-refractivity contribution in [3.05, 3.63) is 22.2 Å². The first-order valence-corrected chi connectivity index (χ1v) is 5.98. The molecule has 18 heavy (non-hydrogen) atoms. The van der Waals surface area contributed by atoms with Crippen molar-refractivity contribution in [1.29, 1.82) is 0 Å². The number of carbonyl (C=O) groups is 1. The summed E-state index contributed by atoms with van der Waals surface area (Å²) in [5, 5.41) is 10.0. The maximum Gasteiger partial charge on any atom is 0.339 e. The molecule has 0 aromatic carbocycles. The standard InChI is InChI=1S/C12H14ClN3O2/c1-5(2)9-7-8(12(17)18)10(13)16(4)11(7)15-6(3)14-9/h5H,1-4H3,(H,17,18). The van der Waals surface area contributed by atoms with Crippen LogP contribution in [-0.4, -0.2) is 25.6 Å². The van der Waals surface area contributed by atoms with Crippen LogP contribution in [-0.2, 0) is 7.05 Å². The van der Waals surface area contributed by atoms with E-state index in [0.29, 0.717) is 16.9 Å². The third-order valence-corrected chi connectivity index (χ3v) is 3.30. The van der Waals surface area contributed by atoms with E-state index in [1.807, 2.05) is 13.8 Å². The molecule has 0 radical (unpaired) electrons. The van der Waals surface area contributed by atoms with Gasteiger partial charge in [0.1, 0.15) is 22.2 Å². The van der Waals surface area contributed by atoms with E-state index in [1.165, 1.54) is 0 Å². The summed E-state index contributed by atoms with van der Waals surface area (Å²) in [6.45, 7) is 5.72. The largest absolute Gasteiger partial charge is 0.478 e. The Morgan fingerprint density at radius 2 is 2.00 bits per heavy atom. The molecule has 0 saturated carbocycles. The van der Waals surface area contributed by atoms with Gasteiger partial charge in [0.25, 0.3) is 0 Å². The number of carboxylic acids is 1. The van der Waals surface area contributed by atoms with Gasteiger partial charge >= 0.3 is 5.97 Å². The predicted molar refractivity (Wildman–Crippen MR) is 69.3 cm³/mol. The van der Waals surface area contributed by atoms with Gasteiger partial charge < -0.3 is 9.67 Å². The minimum absolute atomic E-state index is 0.0814. The summed E-state index contributed by atoms with van der Waals surface area (Å²) in [6, 6.07) is 0. The van der Waals surface area contributed by atoms with Crippen molar-refractivity contribution in [1.82, 2.24) is 14.5 Å². The van der Waals surface area contributed by atoms with Gasteiger partial charge in [-0.3, -0.25) is 0 Å². The number of aryl methyl sites for hydroxylation is 2. The van der Waals surface area contributed by atoms with E-state index >= 15 is 0 Å². The number of hydrogen-bond donors (Lipinski definition) is 1. The topological polar surface area (TPSA) is 68.0 Å². The second kappa shape index (κ2) is 4.24. The Balaban J connectivity index is 3.01. The van der Waals surface area contributed by atoms with Gasteiger partial charge in [0.05, 0.1) is 11.1 Å². The molecule has 2 aromatic heterocycles. The molecule has 0 saturated heterocycles. The van der Waals surface area contributed by atoms with E-state index in [0.717, 1.165) is 5.69 Å². The number of aromatic carboxylic acids is 1. The lowest BCUT2D eigenvalue weighted by Gasteiger charge is -2.08. The Bertz CT molecular complexity index is 647. The summed E-state index contributed by atoms with van der Waals surface area (Å²) in [4.78, 5) is 20.0. The molecular formula is C12H14ClN3O2. The zero-order chi connectivity index (χ0) is 13.6. The van der Waals surface area contributed by atoms with Crippen LogP contribution in [0.3, 0.4) is 0 Å². The molecule has 0 aliphatic heterocycles. The Kier molecular flexibility index (Phi) is 3.02. The SMILES string of the molecule is Cc1nc(C(C)C)c2c(C(=O)O)c(Cl)n(C)c2n1. The minimum Gasteiger partial charge on any atom is -0.478 e. The highest BCUT2D eigenvalue weighted by Gasteiger charge is 2.25. The average molecular weight is 268 g/mol. The third kappa shape index (κ3) is 1.75. The summed E-state index contributed by atoms with van der Waals surface area (Å²) in [5.74, 6) is -0.342. The van der Waals surface area contributed by atoms with Crippen LogP contribution in [0.1, 0.15) is 41.6 Å². The van der Waals surface area contributed by atoms with Crippen molar-refractivity contribution in [2.45, 2.75) is 26.7 Å². The van der Waals surface area contributed by atoms with E-state index in [2.05, 4.69) is 9.97 Å². The van der Waals surface area contributed by atoms with Gasteiger partial charge in [-0.25, -0.2) is 14.8 Å². The molecule has 5 nitrogen and oxygen atoms in total. The maximum absolute atomic E-state index is 11.4. The molecule has 2 rings (SSSR count). The zero-order valence-electron chi connectivity index (χ0n) is 10.7. The number of hydrogen-bond acceptors (Lipinski definition) is 3. The van der Waals surface area contributed by atoms with Gasteiger partial charge in [0, 0.05) is 7.05 Å². The van der Waals surface area contributed by atoms with Gasteiger partial charge in [0.2, 0.25) is 0 Å². The molecule has 0 atom stereocenters. The zero-order valence-corrected chi connectivity index (χ0v) is 11.4. The Morgan fingerprint density at radius 1 is 1.39 bits per heavy atom. The molecule has 0 bridgehead atoms. The highest BCUT2D eigenvalue weighted by atomic mass is 35.5. The lowest BCUT2D eigenvalue weighted by molar-refractivity contribution is 0.0699. The molecule has 0 unspecified atom stereocenters. The number of fused-ring (bicyclic) bond motifs is 1. The summed E-state index contributed by atoms with van der Waals surface area (Å²) in [7, 11) is 1.70. The van der Waals surface area contributed by atoms with Crippen LogP contribution < -0.4 is 0 Å². The van der Waals surface area contributed by atoms with Gasteiger partial charge in [0.15, 0.2) is 0 Å². The van der Waals surface area contributed by atoms with Crippen LogP contribution in [0.4, 0.5) is 0 Å². The Hall–Kier alpha value is -1.62. The van der Waals surface area contributed by atoms with Crippen LogP contribution in [0.25, 0.3) is 11.0 Å². The molecule has 1 N–H and O–H groups in total. The second-order valence-corrected chi connectivity index (χ2v) is 4.90. The molecule has 6 heteroatoms. The maximum atomic E-state index is 11.4. The highest BCUT2D eigenvalue weighted by molar-refractivity contribution is 6.35. The van der Waals surface area contributed by atoms with Crippen molar-refractivity contribution in [2.75, 3.05) is 0 Å². The van der Waals surface area contributed by atoms with Gasteiger partial charge in [-0.15, -0.1) is 0 Å². The Labute approximate surface area is 109 Å². The van der Waals surface area contributed by atoms with Gasteiger partial charge in [-0.2, -0.15) is 0 Å². The molecule has 2 heterocycles. The lowest BCUT2D eigenvalue weighted by Crippen LogP contribution is -2.03. The van der Waals surface area contributed by atoms with Gasteiger partial charge in [-0.05, 0) is 12.8 Å². The first kappa shape index (κ1) is 12.8. The number of carboxylic acid groups (broad SMARTS) is 1. The lowest BCUT2D eigenvalue weighted by atomic mass is 10.0. The normalized spacial score (nSPS) is 11.4. The summed E-state index contributed by atoms with van der Waals surface area (Å²) in [5.41, 5.74) is 1.36. The number of rotatable bonds is 2. The second-order valence-electron chi connectivity index (χ2n) is 4.54. The minimum atomic E-state index is -1.06. The van der Waals surface area contributed by atoms with E-state index in [4.69, 9.17) is 11.6 Å². The quantitative estimate of drug-likeness (QED) is 0.908. The first-order chi connectivity index (χ1) is 8.34.